The van der Waals surface area contributed by atoms with Crippen molar-refractivity contribution >= 4 is 56.5 Å². The lowest BCUT2D eigenvalue weighted by Gasteiger charge is -2.28. The van der Waals surface area contributed by atoms with Gasteiger partial charge in [-0.3, -0.25) is 14.6 Å². The lowest BCUT2D eigenvalue weighted by molar-refractivity contribution is -0.119. The van der Waals surface area contributed by atoms with E-state index in [1.54, 1.807) is 11.8 Å². The van der Waals surface area contributed by atoms with Gasteiger partial charge in [0.05, 0.1) is 29.0 Å². The van der Waals surface area contributed by atoms with Gasteiger partial charge in [0.1, 0.15) is 5.01 Å². The number of aliphatic imine (C=N–C) groups is 1. The highest BCUT2D eigenvalue weighted by Gasteiger charge is 2.28. The van der Waals surface area contributed by atoms with E-state index in [-0.39, 0.29) is 17.9 Å². The van der Waals surface area contributed by atoms with Gasteiger partial charge in [0.2, 0.25) is 16.9 Å². The molecule has 0 spiro atoms. The number of nitrogens with zero attached hydrogens (tertiary/aromatic N) is 3. The van der Waals surface area contributed by atoms with Crippen LogP contribution < -0.4 is 21.3 Å². The van der Waals surface area contributed by atoms with Crippen molar-refractivity contribution in [3.63, 3.8) is 0 Å². The van der Waals surface area contributed by atoms with Crippen molar-refractivity contribution in [1.29, 1.82) is 0 Å². The van der Waals surface area contributed by atoms with Gasteiger partial charge in [-0.05, 0) is 93.2 Å². The average Bonchev–Trinajstić information content (AvgIpc) is 3.80. The quantitative estimate of drug-likeness (QED) is 0.118. The number of unbranched alkanes of at least 4 members (excludes halogenated alkanes) is 1. The minimum Gasteiger partial charge on any atom is -0.385 e. The number of carbonyl (C=O) groups is 2. The first kappa shape index (κ1) is 35.1. The predicted octanol–water partition coefficient (Wildman–Crippen LogP) is 8.29. The number of carbonyl (C=O) groups excluding carboxylic acids is 2. The Morgan fingerprint density at radius 3 is 2.45 bits per heavy atom. The Bertz CT molecular complexity index is 1650. The molecule has 260 valence electrons. The molecule has 2 heterocycles. The molecule has 1 aliphatic heterocycles. The zero-order valence-electron chi connectivity index (χ0n) is 28.7. The SMILES string of the molecule is CCCCNc1cccc(CC(=O)Nc2nnc(C3CCCC(CC4=NC(C)CC=C(NC(=O)Cc5cccc(NC6CC6)c5)S4)C3)s2)c1. The highest BCUT2D eigenvalue weighted by Crippen LogP contribution is 2.41. The van der Waals surface area contributed by atoms with Crippen molar-refractivity contribution in [2.75, 3.05) is 22.5 Å². The molecule has 2 saturated carbocycles. The van der Waals surface area contributed by atoms with Crippen LogP contribution in [0.4, 0.5) is 16.5 Å². The Labute approximate surface area is 298 Å². The Kier molecular flexibility index (Phi) is 12.4. The smallest absolute Gasteiger partial charge is 0.230 e. The van der Waals surface area contributed by atoms with Gasteiger partial charge in [-0.1, -0.05) is 79.6 Å². The molecule has 2 fully saturated rings. The molecule has 9 nitrogen and oxygen atoms in total. The lowest BCUT2D eigenvalue weighted by atomic mass is 9.80. The molecule has 1 aromatic heterocycles. The maximum Gasteiger partial charge on any atom is 0.230 e. The van der Waals surface area contributed by atoms with Gasteiger partial charge in [0, 0.05) is 29.9 Å². The molecule has 3 atom stereocenters. The second-order valence-electron chi connectivity index (χ2n) is 13.7. The highest BCUT2D eigenvalue weighted by molar-refractivity contribution is 8.17. The van der Waals surface area contributed by atoms with E-state index in [0.29, 0.717) is 35.9 Å². The van der Waals surface area contributed by atoms with E-state index in [4.69, 9.17) is 4.99 Å². The number of amides is 2. The third-order valence-corrected chi connectivity index (χ3v) is 11.2. The van der Waals surface area contributed by atoms with Crippen LogP contribution in [0.3, 0.4) is 0 Å². The summed E-state index contributed by atoms with van der Waals surface area (Å²) >= 11 is 3.11. The molecule has 4 N–H and O–H groups in total. The molecule has 3 aromatic rings. The molecule has 0 radical (unpaired) electrons. The number of thioether (sulfide) groups is 1. The molecule has 3 unspecified atom stereocenters. The van der Waals surface area contributed by atoms with Crippen LogP contribution in [0.25, 0.3) is 0 Å². The van der Waals surface area contributed by atoms with Crippen LogP contribution in [0.15, 0.2) is 64.6 Å². The molecule has 6 rings (SSSR count). The molecular weight excluding hydrogens is 651 g/mol. The lowest BCUT2D eigenvalue weighted by Crippen LogP contribution is -2.24. The van der Waals surface area contributed by atoms with Gasteiger partial charge in [-0.2, -0.15) is 0 Å². The summed E-state index contributed by atoms with van der Waals surface area (Å²) < 4.78 is 0. The van der Waals surface area contributed by atoms with Crippen LogP contribution >= 0.6 is 23.1 Å². The summed E-state index contributed by atoms with van der Waals surface area (Å²) in [5.41, 5.74) is 4.11. The maximum absolute atomic E-state index is 13.1. The first-order valence-electron chi connectivity index (χ1n) is 17.9. The van der Waals surface area contributed by atoms with E-state index >= 15 is 0 Å². The van der Waals surface area contributed by atoms with Crippen molar-refractivity contribution in [3.05, 3.63) is 75.8 Å². The third kappa shape index (κ3) is 11.2. The third-order valence-electron chi connectivity index (χ3n) is 9.17. The van der Waals surface area contributed by atoms with Crippen LogP contribution in [0.5, 0.6) is 0 Å². The van der Waals surface area contributed by atoms with Crippen LogP contribution in [-0.2, 0) is 22.4 Å². The summed E-state index contributed by atoms with van der Waals surface area (Å²) in [6.07, 6.45) is 13.5. The zero-order valence-corrected chi connectivity index (χ0v) is 30.3. The number of benzene rings is 2. The maximum atomic E-state index is 13.1. The number of hydrogen-bond acceptors (Lipinski definition) is 9. The fourth-order valence-electron chi connectivity index (χ4n) is 6.49. The largest absolute Gasteiger partial charge is 0.385 e. The highest BCUT2D eigenvalue weighted by atomic mass is 32.2. The van der Waals surface area contributed by atoms with Crippen molar-refractivity contribution in [3.8, 4) is 0 Å². The number of aromatic nitrogens is 2. The number of anilines is 3. The molecule has 2 amide bonds. The van der Waals surface area contributed by atoms with E-state index in [2.05, 4.69) is 63.5 Å². The molecule has 2 aromatic carbocycles. The summed E-state index contributed by atoms with van der Waals surface area (Å²) in [7, 11) is 0. The first-order valence-corrected chi connectivity index (χ1v) is 19.6. The van der Waals surface area contributed by atoms with Crippen LogP contribution in [-0.4, -0.2) is 45.7 Å². The fraction of sp³-hybridized carbons (Fsp3) is 0.500. The Hall–Kier alpha value is -3.70. The monoisotopic (exact) mass is 699 g/mol. The summed E-state index contributed by atoms with van der Waals surface area (Å²) in [6.45, 7) is 5.24. The van der Waals surface area contributed by atoms with E-state index in [1.807, 2.05) is 36.4 Å². The van der Waals surface area contributed by atoms with Crippen molar-refractivity contribution < 1.29 is 9.59 Å². The van der Waals surface area contributed by atoms with Crippen LogP contribution in [0, 0.1) is 5.92 Å². The molecule has 11 heteroatoms. The molecule has 0 saturated heterocycles. The second kappa shape index (κ2) is 17.3. The number of hydrogen-bond donors (Lipinski definition) is 4. The zero-order chi connectivity index (χ0) is 34.0. The molecule has 2 aliphatic carbocycles. The van der Waals surface area contributed by atoms with Gasteiger partial charge < -0.3 is 21.3 Å². The van der Waals surface area contributed by atoms with Crippen molar-refractivity contribution in [2.24, 2.45) is 10.9 Å². The average molecular weight is 700 g/mol. The minimum atomic E-state index is -0.0810. The van der Waals surface area contributed by atoms with Crippen molar-refractivity contribution in [2.45, 2.75) is 109 Å². The van der Waals surface area contributed by atoms with Gasteiger partial charge in [0.15, 0.2) is 0 Å². The molecular formula is C38H49N7O2S2. The Morgan fingerprint density at radius 1 is 0.918 bits per heavy atom. The Morgan fingerprint density at radius 2 is 1.67 bits per heavy atom. The van der Waals surface area contributed by atoms with E-state index in [0.717, 1.165) is 95.5 Å². The normalized spacial score (nSPS) is 20.8. The van der Waals surface area contributed by atoms with Crippen molar-refractivity contribution in [1.82, 2.24) is 15.5 Å². The number of rotatable bonds is 15. The fourth-order valence-corrected chi connectivity index (χ4v) is 8.55. The molecule has 3 aliphatic rings. The predicted molar refractivity (Wildman–Crippen MR) is 204 cm³/mol. The van der Waals surface area contributed by atoms with Gasteiger partial charge in [-0.15, -0.1) is 10.2 Å². The Balaban J connectivity index is 0.983. The van der Waals surface area contributed by atoms with E-state index in [9.17, 15) is 9.59 Å². The second-order valence-corrected chi connectivity index (χ2v) is 15.8. The number of nitrogens with one attached hydrogen (secondary N) is 4. The van der Waals surface area contributed by atoms with Gasteiger partial charge >= 0.3 is 0 Å². The van der Waals surface area contributed by atoms with Gasteiger partial charge in [-0.25, -0.2) is 0 Å². The standard InChI is InChI=1S/C38H49N7O2S2/c1-3-4-18-39-31-12-6-9-27(20-31)23-34(47)43-38-45-44-37(49-38)29-11-5-8-26(19-29)24-36-40-25(2)14-17-35(48-36)42-33(46)22-28-10-7-13-32(21-28)41-30-15-16-30/h6-7,9-10,12-13,17,20-21,25-26,29-30,39,41H,3-5,8,11,14-16,18-19,22-24H2,1-2H3,(H,42,46)(H,43,45,47). The van der Waals surface area contributed by atoms with E-state index in [1.165, 1.54) is 24.2 Å². The van der Waals surface area contributed by atoms with E-state index < -0.39 is 0 Å². The van der Waals surface area contributed by atoms with Gasteiger partial charge in [0.25, 0.3) is 0 Å². The van der Waals surface area contributed by atoms with Crippen LogP contribution in [0.2, 0.25) is 0 Å². The van der Waals surface area contributed by atoms with Crippen LogP contribution in [0.1, 0.15) is 100 Å². The topological polar surface area (TPSA) is 120 Å². The summed E-state index contributed by atoms with van der Waals surface area (Å²) in [5, 5.41) is 25.5. The molecule has 0 bridgehead atoms. The molecule has 49 heavy (non-hydrogen) atoms. The first-order chi connectivity index (χ1) is 23.9. The summed E-state index contributed by atoms with van der Waals surface area (Å²) in [4.78, 5) is 31.0. The summed E-state index contributed by atoms with van der Waals surface area (Å²) in [6, 6.07) is 17.0. The minimum absolute atomic E-state index is 0.000978. The summed E-state index contributed by atoms with van der Waals surface area (Å²) in [5.74, 6) is 0.721.